The number of halogens is 15. The topological polar surface area (TPSA) is 9.23 Å². The maximum atomic E-state index is 13.5. The van der Waals surface area contributed by atoms with Gasteiger partial charge in [-0.25, -0.2) is 4.39 Å². The van der Waals surface area contributed by atoms with Crippen LogP contribution in [-0.4, -0.2) is 48.0 Å². The first-order valence-corrected chi connectivity index (χ1v) is 5.09. The molecule has 0 bridgehead atoms. The van der Waals surface area contributed by atoms with Gasteiger partial charge in [0, 0.05) is 0 Å². The summed E-state index contributed by atoms with van der Waals surface area (Å²) >= 11 is 0. The van der Waals surface area contributed by atoms with Gasteiger partial charge in [-0.2, -0.15) is 61.5 Å². The Hall–Kier alpha value is -1.09. The highest BCUT2D eigenvalue weighted by molar-refractivity contribution is 5.17. The van der Waals surface area contributed by atoms with Crippen LogP contribution in [0.25, 0.3) is 0 Å². The van der Waals surface area contributed by atoms with E-state index < -0.39 is 48.0 Å². The maximum Gasteiger partial charge on any atom is 0.460 e. The van der Waals surface area contributed by atoms with E-state index in [0.717, 1.165) is 0 Å². The fraction of sp³-hybridized carbons (Fsp3) is 1.00. The summed E-state index contributed by atoms with van der Waals surface area (Å²) in [5, 5.41) is 0. The molecule has 1 aliphatic heterocycles. The van der Waals surface area contributed by atoms with E-state index >= 15 is 0 Å². The summed E-state index contributed by atoms with van der Waals surface area (Å²) in [6, 6.07) is 0. The smallest absolute Gasteiger partial charge is 0.295 e. The fourth-order valence-electron chi connectivity index (χ4n) is 1.50. The molecule has 0 aromatic rings. The Morgan fingerprint density at radius 2 is 1.04 bits per heavy atom. The van der Waals surface area contributed by atoms with Crippen LogP contribution < -0.4 is 0 Å². The molecule has 0 saturated carbocycles. The van der Waals surface area contributed by atoms with Crippen molar-refractivity contribution in [1.29, 1.82) is 0 Å². The van der Waals surface area contributed by atoms with Crippen molar-refractivity contribution in [1.82, 2.24) is 0 Å². The van der Waals surface area contributed by atoms with E-state index in [1.54, 1.807) is 0 Å². The van der Waals surface area contributed by atoms with Crippen molar-refractivity contribution >= 4 is 0 Å². The summed E-state index contributed by atoms with van der Waals surface area (Å²) < 4.78 is 192. The zero-order valence-corrected chi connectivity index (χ0v) is 10.2. The molecule has 1 heterocycles. The molecule has 0 aliphatic carbocycles. The second-order valence-corrected chi connectivity index (χ2v) is 4.45. The van der Waals surface area contributed by atoms with Crippen molar-refractivity contribution in [3.63, 3.8) is 0 Å². The van der Waals surface area contributed by atoms with E-state index in [9.17, 15) is 65.9 Å². The fourth-order valence-corrected chi connectivity index (χ4v) is 1.50. The van der Waals surface area contributed by atoms with Crippen LogP contribution in [0.1, 0.15) is 0 Å². The molecular formula is C8HF15O. The number of rotatable bonds is 2. The van der Waals surface area contributed by atoms with Gasteiger partial charge < -0.3 is 0 Å². The zero-order chi connectivity index (χ0) is 19.8. The quantitative estimate of drug-likeness (QED) is 0.612. The Balaban J connectivity index is 3.68. The van der Waals surface area contributed by atoms with E-state index in [4.69, 9.17) is 0 Å². The van der Waals surface area contributed by atoms with Gasteiger partial charge in [-0.05, 0) is 0 Å². The second kappa shape index (κ2) is 4.75. The van der Waals surface area contributed by atoms with Crippen LogP contribution in [0.15, 0.2) is 0 Å². The minimum absolute atomic E-state index is 1.94. The van der Waals surface area contributed by atoms with Gasteiger partial charge in [0.2, 0.25) is 0 Å². The molecule has 2 atom stereocenters. The Bertz CT molecular complexity index is 506. The van der Waals surface area contributed by atoms with E-state index in [2.05, 4.69) is 0 Å². The maximum absolute atomic E-state index is 13.5. The summed E-state index contributed by atoms with van der Waals surface area (Å²) in [4.78, 5) is 0. The van der Waals surface area contributed by atoms with Crippen LogP contribution >= 0.6 is 0 Å². The van der Waals surface area contributed by atoms with E-state index in [0.29, 0.717) is 0 Å². The van der Waals surface area contributed by atoms with Gasteiger partial charge in [0.15, 0.2) is 0 Å². The lowest BCUT2D eigenvalue weighted by Crippen LogP contribution is -2.80. The molecule has 1 aliphatic rings. The monoisotopic (exact) mass is 398 g/mol. The molecule has 2 unspecified atom stereocenters. The van der Waals surface area contributed by atoms with Gasteiger partial charge in [0.25, 0.3) is 6.36 Å². The molecule has 1 nitrogen and oxygen atoms in total. The minimum Gasteiger partial charge on any atom is -0.295 e. The van der Waals surface area contributed by atoms with Gasteiger partial charge in [0.1, 0.15) is 0 Å². The lowest BCUT2D eigenvalue weighted by Gasteiger charge is -2.49. The largest absolute Gasteiger partial charge is 0.460 e. The Kier molecular flexibility index (Phi) is 4.15. The van der Waals surface area contributed by atoms with Gasteiger partial charge in [-0.1, -0.05) is 0 Å². The van der Waals surface area contributed by atoms with Gasteiger partial charge in [-0.3, -0.25) is 4.74 Å². The van der Waals surface area contributed by atoms with Crippen molar-refractivity contribution in [2.45, 2.75) is 48.0 Å². The van der Waals surface area contributed by atoms with Crippen molar-refractivity contribution in [3.8, 4) is 0 Å². The SMILES string of the molecule is FC1OC(F)(C(F)(F)C(F)(F)C(F)(F)F)C(F)(F)C(F)(F)C1(F)F. The third-order valence-electron chi connectivity index (χ3n) is 2.92. The first kappa shape index (κ1) is 21.0. The lowest BCUT2D eigenvalue weighted by atomic mass is 9.87. The normalized spacial score (nSPS) is 33.4. The molecule has 0 spiro atoms. The first-order chi connectivity index (χ1) is 10.1. The summed E-state index contributed by atoms with van der Waals surface area (Å²) in [5.74, 6) is -45.1. The highest BCUT2D eigenvalue weighted by Gasteiger charge is 2.97. The van der Waals surface area contributed by atoms with Crippen LogP contribution in [0.4, 0.5) is 65.9 Å². The van der Waals surface area contributed by atoms with Crippen LogP contribution in [-0.2, 0) is 4.74 Å². The molecule has 1 saturated heterocycles. The number of hydrogen-bond donors (Lipinski definition) is 0. The van der Waals surface area contributed by atoms with E-state index in [1.807, 2.05) is 4.74 Å². The molecule has 0 aromatic carbocycles. The predicted octanol–water partition coefficient (Wildman–Crippen LogP) is 4.72. The van der Waals surface area contributed by atoms with Crippen LogP contribution in [0.3, 0.4) is 0 Å². The van der Waals surface area contributed by atoms with Crippen molar-refractivity contribution < 1.29 is 70.6 Å². The average Bonchev–Trinajstić information content (AvgIpc) is 2.34. The minimum atomic E-state index is -7.92. The summed E-state index contributed by atoms with van der Waals surface area (Å²) in [6.45, 7) is 0. The Morgan fingerprint density at radius 3 is 1.38 bits per heavy atom. The van der Waals surface area contributed by atoms with Crippen molar-refractivity contribution in [2.75, 3.05) is 0 Å². The molecule has 24 heavy (non-hydrogen) atoms. The summed E-state index contributed by atoms with van der Waals surface area (Å²) in [7, 11) is 0. The van der Waals surface area contributed by atoms with Gasteiger partial charge in [-0.15, -0.1) is 0 Å². The highest BCUT2D eigenvalue weighted by atomic mass is 19.4. The van der Waals surface area contributed by atoms with Crippen LogP contribution in [0.5, 0.6) is 0 Å². The molecule has 1 rings (SSSR count). The number of ether oxygens (including phenoxy) is 1. The molecular weight excluding hydrogens is 397 g/mol. The van der Waals surface area contributed by atoms with E-state index in [1.165, 1.54) is 0 Å². The zero-order valence-electron chi connectivity index (χ0n) is 10.2. The van der Waals surface area contributed by atoms with Crippen LogP contribution in [0, 0.1) is 0 Å². The molecule has 0 radical (unpaired) electrons. The molecule has 144 valence electrons. The average molecular weight is 398 g/mol. The number of alkyl halides is 15. The Morgan fingerprint density at radius 1 is 0.667 bits per heavy atom. The summed E-state index contributed by atoms with van der Waals surface area (Å²) in [6.07, 6.45) is -12.9. The third kappa shape index (κ3) is 2.03. The van der Waals surface area contributed by atoms with Gasteiger partial charge >= 0.3 is 41.6 Å². The lowest BCUT2D eigenvalue weighted by molar-refractivity contribution is -0.529. The molecule has 0 amide bonds. The molecule has 1 fully saturated rings. The molecule has 0 N–H and O–H groups in total. The summed E-state index contributed by atoms with van der Waals surface area (Å²) in [5.41, 5.74) is 0. The van der Waals surface area contributed by atoms with Crippen molar-refractivity contribution in [2.24, 2.45) is 0 Å². The number of hydrogen-bond acceptors (Lipinski definition) is 1. The second-order valence-electron chi connectivity index (χ2n) is 4.45. The highest BCUT2D eigenvalue weighted by Crippen LogP contribution is 2.66. The predicted molar refractivity (Wildman–Crippen MR) is 40.6 cm³/mol. The van der Waals surface area contributed by atoms with Crippen molar-refractivity contribution in [3.05, 3.63) is 0 Å². The third-order valence-corrected chi connectivity index (χ3v) is 2.92. The first-order valence-electron chi connectivity index (χ1n) is 5.09. The van der Waals surface area contributed by atoms with E-state index in [-0.39, 0.29) is 0 Å². The Labute approximate surface area is 120 Å². The van der Waals surface area contributed by atoms with Gasteiger partial charge in [0.05, 0.1) is 0 Å². The molecule has 0 aromatic heterocycles. The standard InChI is InChI=1S/C8HF15O/c9-1-2(10,11)3(12,13)4(14,15)7(20,24-1)5(16,17)6(18,19)8(21,22)23/h1H. The van der Waals surface area contributed by atoms with Crippen LogP contribution in [0.2, 0.25) is 0 Å². The molecule has 16 heteroatoms.